The summed E-state index contributed by atoms with van der Waals surface area (Å²) >= 11 is 1.59. The van der Waals surface area contributed by atoms with Crippen molar-refractivity contribution in [3.05, 3.63) is 6.20 Å². The summed E-state index contributed by atoms with van der Waals surface area (Å²) in [6.07, 6.45) is 4.04. The van der Waals surface area contributed by atoms with Crippen molar-refractivity contribution >= 4 is 30.1 Å². The van der Waals surface area contributed by atoms with E-state index < -0.39 is 0 Å². The number of hydrogen-bond donors (Lipinski definition) is 1. The predicted octanol–water partition coefficient (Wildman–Crippen LogP) is 1.33. The standard InChI is InChI=1S/C15H27N5O2S.ClH/c1-5-21-8-9-22-14-12(23-4)10-17-15(18-14)20-7-6-19(3)11-13(20)16-2;/h10,13,16H,5-9,11H2,1-4H3;1H. The molecule has 2 rings (SSSR count). The Bertz CT molecular complexity index is 497. The van der Waals surface area contributed by atoms with Gasteiger partial charge in [0, 0.05) is 32.4 Å². The fourth-order valence-electron chi connectivity index (χ4n) is 2.48. The minimum atomic E-state index is 0. The van der Waals surface area contributed by atoms with Gasteiger partial charge in [0.2, 0.25) is 11.8 Å². The smallest absolute Gasteiger partial charge is 0.232 e. The van der Waals surface area contributed by atoms with Crippen molar-refractivity contribution in [3.63, 3.8) is 0 Å². The molecule has 1 unspecified atom stereocenters. The Balaban J connectivity index is 0.00000288. The normalized spacial score (nSPS) is 18.3. The van der Waals surface area contributed by atoms with Gasteiger partial charge >= 0.3 is 0 Å². The lowest BCUT2D eigenvalue weighted by atomic mass is 10.3. The summed E-state index contributed by atoms with van der Waals surface area (Å²) in [6.45, 7) is 6.55. The van der Waals surface area contributed by atoms with Gasteiger partial charge in [-0.1, -0.05) is 0 Å². The van der Waals surface area contributed by atoms with Crippen LogP contribution < -0.4 is 15.0 Å². The maximum absolute atomic E-state index is 5.80. The molecular formula is C15H28ClN5O2S. The second-order valence-corrected chi connectivity index (χ2v) is 6.20. The highest BCUT2D eigenvalue weighted by Gasteiger charge is 2.26. The zero-order valence-corrected chi connectivity index (χ0v) is 16.5. The number of rotatable bonds is 8. The third-order valence-electron chi connectivity index (χ3n) is 3.77. The maximum Gasteiger partial charge on any atom is 0.232 e. The minimum absolute atomic E-state index is 0. The van der Waals surface area contributed by atoms with Gasteiger partial charge in [-0.25, -0.2) is 4.98 Å². The van der Waals surface area contributed by atoms with E-state index in [4.69, 9.17) is 9.47 Å². The van der Waals surface area contributed by atoms with E-state index >= 15 is 0 Å². The molecule has 0 bridgehead atoms. The number of piperazine rings is 1. The molecule has 0 spiro atoms. The Morgan fingerprint density at radius 3 is 2.83 bits per heavy atom. The second kappa shape index (κ2) is 10.9. The molecule has 0 aromatic carbocycles. The molecule has 0 saturated carbocycles. The maximum atomic E-state index is 5.80. The van der Waals surface area contributed by atoms with Gasteiger partial charge in [-0.15, -0.1) is 24.2 Å². The molecule has 24 heavy (non-hydrogen) atoms. The van der Waals surface area contributed by atoms with Crippen LogP contribution in [-0.2, 0) is 4.74 Å². The molecule has 1 aromatic rings. The average molecular weight is 378 g/mol. The van der Waals surface area contributed by atoms with Crippen molar-refractivity contribution in [3.8, 4) is 5.88 Å². The van der Waals surface area contributed by atoms with Crippen LogP contribution in [0.1, 0.15) is 6.92 Å². The highest BCUT2D eigenvalue weighted by molar-refractivity contribution is 7.98. The average Bonchev–Trinajstić information content (AvgIpc) is 2.58. The third kappa shape index (κ3) is 5.63. The Kier molecular flexibility index (Phi) is 9.68. The molecule has 1 saturated heterocycles. The van der Waals surface area contributed by atoms with Crippen molar-refractivity contribution in [1.29, 1.82) is 0 Å². The van der Waals surface area contributed by atoms with Crippen LogP contribution in [0.5, 0.6) is 5.88 Å². The quantitative estimate of drug-likeness (QED) is 0.538. The summed E-state index contributed by atoms with van der Waals surface area (Å²) in [6, 6.07) is 0. The van der Waals surface area contributed by atoms with E-state index in [9.17, 15) is 0 Å². The number of ether oxygens (including phenoxy) is 2. The number of likely N-dealkylation sites (N-methyl/N-ethyl adjacent to an activating group) is 2. The van der Waals surface area contributed by atoms with Gasteiger partial charge in [-0.2, -0.15) is 4.98 Å². The molecule has 0 radical (unpaired) electrons. The molecule has 2 heterocycles. The molecule has 9 heteroatoms. The van der Waals surface area contributed by atoms with Gasteiger partial charge in [-0.05, 0) is 27.3 Å². The minimum Gasteiger partial charge on any atom is -0.474 e. The van der Waals surface area contributed by atoms with Crippen molar-refractivity contribution in [1.82, 2.24) is 20.2 Å². The van der Waals surface area contributed by atoms with Gasteiger partial charge < -0.3 is 19.3 Å². The number of nitrogens with one attached hydrogen (secondary N) is 1. The number of nitrogens with zero attached hydrogens (tertiary/aromatic N) is 4. The number of hydrogen-bond acceptors (Lipinski definition) is 8. The van der Waals surface area contributed by atoms with E-state index in [1.54, 1.807) is 11.8 Å². The molecule has 0 aliphatic carbocycles. The Hall–Kier alpha value is -0.800. The first kappa shape index (κ1) is 21.2. The van der Waals surface area contributed by atoms with Crippen LogP contribution in [0.2, 0.25) is 0 Å². The van der Waals surface area contributed by atoms with E-state index in [1.165, 1.54) is 0 Å². The SMILES string of the molecule is CCOCCOc1nc(N2CCN(C)CC2NC)ncc1SC.Cl. The van der Waals surface area contributed by atoms with E-state index in [0.717, 1.165) is 24.5 Å². The highest BCUT2D eigenvalue weighted by atomic mass is 35.5. The van der Waals surface area contributed by atoms with Gasteiger partial charge in [0.25, 0.3) is 0 Å². The fraction of sp³-hybridized carbons (Fsp3) is 0.733. The van der Waals surface area contributed by atoms with Crippen molar-refractivity contribution < 1.29 is 9.47 Å². The Labute approximate surface area is 154 Å². The molecule has 138 valence electrons. The highest BCUT2D eigenvalue weighted by Crippen LogP contribution is 2.27. The number of halogens is 1. The van der Waals surface area contributed by atoms with Gasteiger partial charge in [0.05, 0.1) is 17.7 Å². The molecular weight excluding hydrogens is 350 g/mol. The first-order valence-electron chi connectivity index (χ1n) is 7.93. The van der Waals surface area contributed by atoms with E-state index in [-0.39, 0.29) is 18.6 Å². The first-order chi connectivity index (χ1) is 11.2. The summed E-state index contributed by atoms with van der Waals surface area (Å²) in [7, 11) is 4.09. The van der Waals surface area contributed by atoms with Gasteiger partial charge in [0.1, 0.15) is 6.61 Å². The van der Waals surface area contributed by atoms with E-state index in [1.807, 2.05) is 26.4 Å². The molecule has 7 nitrogen and oxygen atoms in total. The van der Waals surface area contributed by atoms with Gasteiger partial charge in [0.15, 0.2) is 0 Å². The van der Waals surface area contributed by atoms with Crippen LogP contribution in [0.25, 0.3) is 0 Å². The molecule has 1 atom stereocenters. The Morgan fingerprint density at radius 2 is 2.17 bits per heavy atom. The van der Waals surface area contributed by atoms with Crippen molar-refractivity contribution in [2.75, 3.05) is 64.7 Å². The third-order valence-corrected chi connectivity index (χ3v) is 4.49. The van der Waals surface area contributed by atoms with Crippen LogP contribution in [-0.4, -0.2) is 80.8 Å². The summed E-state index contributed by atoms with van der Waals surface area (Å²) in [4.78, 5) is 14.6. The lowest BCUT2D eigenvalue weighted by molar-refractivity contribution is 0.107. The van der Waals surface area contributed by atoms with Crippen LogP contribution in [0.3, 0.4) is 0 Å². The first-order valence-corrected chi connectivity index (χ1v) is 9.16. The topological polar surface area (TPSA) is 62.8 Å². The largest absolute Gasteiger partial charge is 0.474 e. The summed E-state index contributed by atoms with van der Waals surface area (Å²) in [5.74, 6) is 1.35. The molecule has 1 fully saturated rings. The van der Waals surface area contributed by atoms with Crippen molar-refractivity contribution in [2.24, 2.45) is 0 Å². The fourth-order valence-corrected chi connectivity index (χ4v) is 2.91. The summed E-state index contributed by atoms with van der Waals surface area (Å²) in [5, 5.41) is 3.33. The Morgan fingerprint density at radius 1 is 1.38 bits per heavy atom. The predicted molar refractivity (Wildman–Crippen MR) is 101 cm³/mol. The number of anilines is 1. The van der Waals surface area contributed by atoms with Crippen LogP contribution in [0, 0.1) is 0 Å². The number of thioether (sulfide) groups is 1. The van der Waals surface area contributed by atoms with E-state index in [2.05, 4.69) is 32.1 Å². The van der Waals surface area contributed by atoms with Crippen LogP contribution in [0.15, 0.2) is 11.1 Å². The molecule has 1 aliphatic rings. The van der Waals surface area contributed by atoms with Gasteiger partial charge in [-0.3, -0.25) is 5.32 Å². The van der Waals surface area contributed by atoms with E-state index in [0.29, 0.717) is 31.6 Å². The zero-order valence-electron chi connectivity index (χ0n) is 14.8. The summed E-state index contributed by atoms with van der Waals surface area (Å²) < 4.78 is 11.1. The second-order valence-electron chi connectivity index (χ2n) is 5.35. The lowest BCUT2D eigenvalue weighted by Gasteiger charge is -2.39. The number of aromatic nitrogens is 2. The molecule has 1 aromatic heterocycles. The van der Waals surface area contributed by atoms with Crippen molar-refractivity contribution in [2.45, 2.75) is 18.0 Å². The monoisotopic (exact) mass is 377 g/mol. The molecule has 0 amide bonds. The molecule has 1 N–H and O–H groups in total. The van der Waals surface area contributed by atoms with Crippen LogP contribution >= 0.6 is 24.2 Å². The summed E-state index contributed by atoms with van der Waals surface area (Å²) in [5.41, 5.74) is 0. The van der Waals surface area contributed by atoms with Crippen LogP contribution in [0.4, 0.5) is 5.95 Å². The lowest BCUT2D eigenvalue weighted by Crippen LogP contribution is -2.58. The zero-order chi connectivity index (χ0) is 16.7. The molecule has 1 aliphatic heterocycles.